The van der Waals surface area contributed by atoms with Crippen molar-refractivity contribution in [3.8, 4) is 0 Å². The number of nitrogens with one attached hydrogen (secondary N) is 1. The van der Waals surface area contributed by atoms with E-state index in [-0.39, 0.29) is 32.0 Å². The van der Waals surface area contributed by atoms with Crippen molar-refractivity contribution in [3.63, 3.8) is 0 Å². The summed E-state index contributed by atoms with van der Waals surface area (Å²) in [6.07, 6.45) is 1.27. The third kappa shape index (κ3) is 5.88. The minimum Gasteiger partial charge on any atom is -0.388 e. The number of β-amino-alcohol motifs (C(OH)–C–C–N with tert-alkyl or cyclic N) is 2. The van der Waals surface area contributed by atoms with E-state index < -0.39 is 11.7 Å². The van der Waals surface area contributed by atoms with E-state index in [4.69, 9.17) is 11.6 Å². The molecular weight excluding hydrogens is 426 g/mol. The van der Waals surface area contributed by atoms with Gasteiger partial charge in [-0.3, -0.25) is 9.69 Å². The predicted octanol–water partition coefficient (Wildman–Crippen LogP) is 2.07. The Hall–Kier alpha value is -1.96. The van der Waals surface area contributed by atoms with Crippen molar-refractivity contribution < 1.29 is 15.0 Å². The molecule has 32 heavy (non-hydrogen) atoms. The Labute approximate surface area is 194 Å². The van der Waals surface area contributed by atoms with E-state index in [1.54, 1.807) is 17.0 Å². The molecule has 4 rings (SSSR count). The summed E-state index contributed by atoms with van der Waals surface area (Å²) in [5, 5.41) is 25.6. The lowest BCUT2D eigenvalue weighted by atomic mass is 9.98. The largest absolute Gasteiger partial charge is 0.388 e. The van der Waals surface area contributed by atoms with Crippen LogP contribution in [0.2, 0.25) is 5.02 Å². The van der Waals surface area contributed by atoms with E-state index in [1.807, 2.05) is 18.2 Å². The average molecular weight is 458 g/mol. The van der Waals surface area contributed by atoms with Crippen LogP contribution in [-0.2, 0) is 17.8 Å². The Kier molecular flexibility index (Phi) is 7.48. The molecule has 0 spiro atoms. The van der Waals surface area contributed by atoms with Crippen molar-refractivity contribution in [2.45, 2.75) is 43.6 Å². The Balaban J connectivity index is 1.23. The number of benzene rings is 2. The lowest BCUT2D eigenvalue weighted by Crippen LogP contribution is -2.54. The van der Waals surface area contributed by atoms with Crippen LogP contribution in [0.25, 0.3) is 0 Å². The number of carbonyl (C=O) groups excluding carboxylic acids is 1. The van der Waals surface area contributed by atoms with Crippen LogP contribution >= 0.6 is 11.6 Å². The van der Waals surface area contributed by atoms with Crippen molar-refractivity contribution in [1.82, 2.24) is 15.1 Å². The Morgan fingerprint density at radius 1 is 1.06 bits per heavy atom. The lowest BCUT2D eigenvalue weighted by molar-refractivity contribution is -0.130. The Morgan fingerprint density at radius 3 is 2.44 bits per heavy atom. The number of aliphatic hydroxyl groups excluding tert-OH is 1. The number of rotatable bonds is 7. The standard InChI is InChI=1S/C25H32ClN3O3/c26-21-8-6-19(7-9-21)14-24(31)29-16-23(30)25(32,18-29)17-27-22-10-12-28(13-11-22)15-20-4-2-1-3-5-20/h1-9,22-23,27,30,32H,10-18H2/t23-,25+/m1/s1. The van der Waals surface area contributed by atoms with Gasteiger partial charge in [0, 0.05) is 30.7 Å². The third-order valence-electron chi connectivity index (χ3n) is 6.63. The number of nitrogens with zero attached hydrogens (tertiary/aromatic N) is 2. The summed E-state index contributed by atoms with van der Waals surface area (Å²) < 4.78 is 0. The van der Waals surface area contributed by atoms with Crippen LogP contribution in [0.3, 0.4) is 0 Å². The molecule has 2 aliphatic heterocycles. The molecule has 0 saturated carbocycles. The van der Waals surface area contributed by atoms with Gasteiger partial charge in [-0.05, 0) is 49.2 Å². The van der Waals surface area contributed by atoms with Gasteiger partial charge in [0.1, 0.15) is 11.7 Å². The van der Waals surface area contributed by atoms with Crippen LogP contribution in [0.15, 0.2) is 54.6 Å². The number of halogens is 1. The van der Waals surface area contributed by atoms with Gasteiger partial charge in [0.25, 0.3) is 0 Å². The maximum Gasteiger partial charge on any atom is 0.227 e. The van der Waals surface area contributed by atoms with Gasteiger partial charge in [-0.2, -0.15) is 0 Å². The fourth-order valence-corrected chi connectivity index (χ4v) is 4.72. The first-order valence-corrected chi connectivity index (χ1v) is 11.7. The zero-order valence-corrected chi connectivity index (χ0v) is 19.0. The van der Waals surface area contributed by atoms with Crippen LogP contribution in [0.4, 0.5) is 0 Å². The summed E-state index contributed by atoms with van der Waals surface area (Å²) in [6, 6.07) is 18.0. The molecule has 0 radical (unpaired) electrons. The van der Waals surface area contributed by atoms with Gasteiger partial charge in [-0.25, -0.2) is 0 Å². The van der Waals surface area contributed by atoms with E-state index in [0.717, 1.165) is 38.0 Å². The first-order valence-electron chi connectivity index (χ1n) is 11.3. The molecule has 2 aromatic carbocycles. The lowest BCUT2D eigenvalue weighted by Gasteiger charge is -2.35. The number of carbonyl (C=O) groups is 1. The minimum atomic E-state index is -1.32. The van der Waals surface area contributed by atoms with E-state index in [1.165, 1.54) is 5.56 Å². The van der Waals surface area contributed by atoms with Gasteiger partial charge in [-0.1, -0.05) is 54.1 Å². The number of hydrogen-bond donors (Lipinski definition) is 3. The van der Waals surface area contributed by atoms with Gasteiger partial charge in [0.2, 0.25) is 5.91 Å². The maximum atomic E-state index is 12.7. The van der Waals surface area contributed by atoms with Gasteiger partial charge in [0.05, 0.1) is 13.0 Å². The molecule has 0 unspecified atom stereocenters. The smallest absolute Gasteiger partial charge is 0.227 e. The summed E-state index contributed by atoms with van der Waals surface area (Å²) >= 11 is 5.90. The Bertz CT molecular complexity index is 887. The van der Waals surface area contributed by atoms with Crippen molar-refractivity contribution in [1.29, 1.82) is 0 Å². The molecule has 2 aliphatic rings. The van der Waals surface area contributed by atoms with Crippen LogP contribution in [-0.4, -0.2) is 76.4 Å². The second-order valence-corrected chi connectivity index (χ2v) is 9.55. The highest BCUT2D eigenvalue weighted by molar-refractivity contribution is 6.30. The number of amides is 1. The topological polar surface area (TPSA) is 76.0 Å². The summed E-state index contributed by atoms with van der Waals surface area (Å²) in [4.78, 5) is 16.7. The van der Waals surface area contributed by atoms with Crippen LogP contribution in [0, 0.1) is 0 Å². The van der Waals surface area contributed by atoms with Crippen LogP contribution < -0.4 is 5.32 Å². The molecule has 2 saturated heterocycles. The third-order valence-corrected chi connectivity index (χ3v) is 6.88. The first kappa shape index (κ1) is 23.2. The summed E-state index contributed by atoms with van der Waals surface area (Å²) in [5.41, 5.74) is 0.868. The monoisotopic (exact) mass is 457 g/mol. The van der Waals surface area contributed by atoms with Crippen molar-refractivity contribution in [2.24, 2.45) is 0 Å². The molecule has 3 N–H and O–H groups in total. The molecule has 1 amide bonds. The van der Waals surface area contributed by atoms with E-state index in [0.29, 0.717) is 11.1 Å². The quantitative estimate of drug-likeness (QED) is 0.593. The highest BCUT2D eigenvalue weighted by atomic mass is 35.5. The zero-order chi connectivity index (χ0) is 22.6. The number of aliphatic hydroxyl groups is 2. The molecule has 0 aliphatic carbocycles. The molecule has 2 aromatic rings. The van der Waals surface area contributed by atoms with Crippen LogP contribution in [0.1, 0.15) is 24.0 Å². The Morgan fingerprint density at radius 2 is 1.75 bits per heavy atom. The van der Waals surface area contributed by atoms with Gasteiger partial charge >= 0.3 is 0 Å². The average Bonchev–Trinajstić information content (AvgIpc) is 3.10. The van der Waals surface area contributed by atoms with Crippen molar-refractivity contribution in [2.75, 3.05) is 32.7 Å². The molecular formula is C25H32ClN3O3. The van der Waals surface area contributed by atoms with E-state index in [9.17, 15) is 15.0 Å². The first-order chi connectivity index (χ1) is 15.4. The maximum absolute atomic E-state index is 12.7. The number of hydrogen-bond acceptors (Lipinski definition) is 5. The normalized spacial score (nSPS) is 24.7. The molecule has 2 atom stereocenters. The van der Waals surface area contributed by atoms with Gasteiger partial charge in [0.15, 0.2) is 0 Å². The molecule has 172 valence electrons. The van der Waals surface area contributed by atoms with Crippen LogP contribution in [0.5, 0.6) is 0 Å². The summed E-state index contributed by atoms with van der Waals surface area (Å²) in [5.74, 6) is -0.100. The van der Waals surface area contributed by atoms with Gasteiger partial charge < -0.3 is 20.4 Å². The second kappa shape index (κ2) is 10.3. The van der Waals surface area contributed by atoms with E-state index >= 15 is 0 Å². The number of piperidine rings is 1. The highest BCUT2D eigenvalue weighted by Gasteiger charge is 2.46. The fraction of sp³-hybridized carbons (Fsp3) is 0.480. The molecule has 0 aromatic heterocycles. The predicted molar refractivity (Wildman–Crippen MR) is 125 cm³/mol. The highest BCUT2D eigenvalue weighted by Crippen LogP contribution is 2.24. The minimum absolute atomic E-state index is 0.100. The molecule has 7 heteroatoms. The van der Waals surface area contributed by atoms with Crippen molar-refractivity contribution >= 4 is 17.5 Å². The van der Waals surface area contributed by atoms with Gasteiger partial charge in [-0.15, -0.1) is 0 Å². The molecule has 2 fully saturated rings. The zero-order valence-electron chi connectivity index (χ0n) is 18.3. The SMILES string of the molecule is O=C(Cc1ccc(Cl)cc1)N1C[C@@H](O)[C@](O)(CNC2CCN(Cc3ccccc3)CC2)C1. The second-order valence-electron chi connectivity index (χ2n) is 9.11. The summed E-state index contributed by atoms with van der Waals surface area (Å²) in [7, 11) is 0. The van der Waals surface area contributed by atoms with Crippen molar-refractivity contribution in [3.05, 3.63) is 70.7 Å². The molecule has 0 bridgehead atoms. The fourth-order valence-electron chi connectivity index (χ4n) is 4.59. The molecule has 2 heterocycles. The van der Waals surface area contributed by atoms with E-state index in [2.05, 4.69) is 34.5 Å². The molecule has 6 nitrogen and oxygen atoms in total. The summed E-state index contributed by atoms with van der Waals surface area (Å²) in [6.45, 7) is 3.53. The number of likely N-dealkylation sites (tertiary alicyclic amines) is 2.